The van der Waals surface area contributed by atoms with Crippen LogP contribution in [-0.2, 0) is 16.1 Å². The molecule has 0 saturated carbocycles. The van der Waals surface area contributed by atoms with E-state index in [1.807, 2.05) is 43.5 Å². The van der Waals surface area contributed by atoms with Gasteiger partial charge < -0.3 is 14.6 Å². The minimum atomic E-state index is -0.430. The third-order valence-electron chi connectivity index (χ3n) is 4.30. The highest BCUT2D eigenvalue weighted by atomic mass is 16.6. The molecule has 1 aliphatic rings. The fourth-order valence-electron chi connectivity index (χ4n) is 2.90. The Hall–Kier alpha value is -2.83. The van der Waals surface area contributed by atoms with Crippen LogP contribution in [0.3, 0.4) is 0 Å². The molecule has 3 rings (SSSR count). The molecule has 25 heavy (non-hydrogen) atoms. The largest absolute Gasteiger partial charge is 0.448 e. The summed E-state index contributed by atoms with van der Waals surface area (Å²) in [4.78, 5) is 29.5. The van der Waals surface area contributed by atoms with E-state index in [-0.39, 0.29) is 18.5 Å². The molecule has 1 N–H and O–H groups in total. The topological polar surface area (TPSA) is 76.5 Å². The van der Waals surface area contributed by atoms with Crippen LogP contribution in [0.1, 0.15) is 23.9 Å². The van der Waals surface area contributed by atoms with Crippen molar-refractivity contribution in [3.63, 3.8) is 0 Å². The maximum absolute atomic E-state index is 12.4. The number of carbonyl (C=O) groups excluding carboxylic acids is 2. The Morgan fingerprint density at radius 3 is 2.80 bits per heavy atom. The maximum atomic E-state index is 12.4. The summed E-state index contributed by atoms with van der Waals surface area (Å²) < 4.78 is 6.92. The molecule has 7 heteroatoms. The summed E-state index contributed by atoms with van der Waals surface area (Å²) in [5.41, 5.74) is 1.04. The van der Waals surface area contributed by atoms with Crippen LogP contribution in [0, 0.1) is 6.92 Å². The normalized spacial score (nSPS) is 15.1. The number of aromatic nitrogens is 2. The standard InChI is InChI=1S/C18H22N4O3/c1-14-19-8-10-21(14)9-7-16(15-5-3-2-4-6-15)20-17(23)13-22-11-12-25-18(22)24/h2-6,8,10,16H,7,9,11-13H2,1H3,(H,20,23)/t16-/m1/s1. The van der Waals surface area contributed by atoms with Gasteiger partial charge in [-0.3, -0.25) is 9.69 Å². The molecule has 1 fully saturated rings. The van der Waals surface area contributed by atoms with Crippen molar-refractivity contribution in [3.05, 3.63) is 54.1 Å². The molecule has 0 bridgehead atoms. The van der Waals surface area contributed by atoms with Crippen molar-refractivity contribution in [2.24, 2.45) is 0 Å². The molecule has 2 heterocycles. The highest BCUT2D eigenvalue weighted by molar-refractivity contribution is 5.83. The van der Waals surface area contributed by atoms with Gasteiger partial charge in [-0.1, -0.05) is 30.3 Å². The molecular formula is C18H22N4O3. The van der Waals surface area contributed by atoms with Gasteiger partial charge in [0.05, 0.1) is 12.6 Å². The summed E-state index contributed by atoms with van der Waals surface area (Å²) in [6.07, 6.45) is 4.00. The van der Waals surface area contributed by atoms with Crippen molar-refractivity contribution in [1.82, 2.24) is 19.8 Å². The maximum Gasteiger partial charge on any atom is 0.410 e. The Labute approximate surface area is 146 Å². The Bertz CT molecular complexity index is 729. The molecule has 0 unspecified atom stereocenters. The number of aryl methyl sites for hydroxylation is 2. The van der Waals surface area contributed by atoms with E-state index in [0.717, 1.165) is 24.4 Å². The van der Waals surface area contributed by atoms with E-state index in [1.54, 1.807) is 6.20 Å². The van der Waals surface area contributed by atoms with Crippen molar-refractivity contribution >= 4 is 12.0 Å². The number of imidazole rings is 1. The van der Waals surface area contributed by atoms with Gasteiger partial charge in [0, 0.05) is 18.9 Å². The van der Waals surface area contributed by atoms with E-state index in [1.165, 1.54) is 4.90 Å². The molecule has 7 nitrogen and oxygen atoms in total. The quantitative estimate of drug-likeness (QED) is 0.834. The first-order valence-corrected chi connectivity index (χ1v) is 8.37. The lowest BCUT2D eigenvalue weighted by atomic mass is 10.0. The SMILES string of the molecule is Cc1nccn1CC[C@@H](NC(=O)CN1CCOC1=O)c1ccccc1. The van der Waals surface area contributed by atoms with Gasteiger partial charge in [-0.05, 0) is 18.9 Å². The lowest BCUT2D eigenvalue weighted by molar-refractivity contribution is -0.122. The molecule has 1 aromatic heterocycles. The summed E-state index contributed by atoms with van der Waals surface area (Å²) in [5, 5.41) is 3.04. The number of nitrogens with zero attached hydrogens (tertiary/aromatic N) is 3. The van der Waals surface area contributed by atoms with E-state index in [4.69, 9.17) is 4.74 Å². The predicted octanol–water partition coefficient (Wildman–Crippen LogP) is 1.89. The van der Waals surface area contributed by atoms with Crippen LogP contribution in [0.4, 0.5) is 4.79 Å². The zero-order chi connectivity index (χ0) is 17.6. The Balaban J connectivity index is 1.64. The summed E-state index contributed by atoms with van der Waals surface area (Å²) in [6.45, 7) is 3.52. The average molecular weight is 342 g/mol. The number of nitrogens with one attached hydrogen (secondary N) is 1. The highest BCUT2D eigenvalue weighted by Gasteiger charge is 2.25. The van der Waals surface area contributed by atoms with Gasteiger partial charge in [0.2, 0.25) is 5.91 Å². The van der Waals surface area contributed by atoms with Crippen molar-refractivity contribution in [2.75, 3.05) is 19.7 Å². The molecule has 1 atom stereocenters. The number of hydrogen-bond donors (Lipinski definition) is 1. The zero-order valence-corrected chi connectivity index (χ0v) is 14.2. The van der Waals surface area contributed by atoms with E-state index in [0.29, 0.717) is 13.2 Å². The van der Waals surface area contributed by atoms with Crippen molar-refractivity contribution in [3.8, 4) is 0 Å². The first-order valence-electron chi connectivity index (χ1n) is 8.37. The fraction of sp³-hybridized carbons (Fsp3) is 0.389. The number of ether oxygens (including phenoxy) is 1. The fourth-order valence-corrected chi connectivity index (χ4v) is 2.90. The summed E-state index contributed by atoms with van der Waals surface area (Å²) in [5.74, 6) is 0.757. The van der Waals surface area contributed by atoms with Crippen LogP contribution < -0.4 is 5.32 Å². The lowest BCUT2D eigenvalue weighted by Gasteiger charge is -2.21. The van der Waals surface area contributed by atoms with Gasteiger partial charge >= 0.3 is 6.09 Å². The van der Waals surface area contributed by atoms with Crippen LogP contribution in [-0.4, -0.2) is 46.1 Å². The number of cyclic esters (lactones) is 1. The molecule has 1 saturated heterocycles. The van der Waals surface area contributed by atoms with Gasteiger partial charge in [-0.15, -0.1) is 0 Å². The summed E-state index contributed by atoms with van der Waals surface area (Å²) >= 11 is 0. The van der Waals surface area contributed by atoms with Crippen LogP contribution in [0.2, 0.25) is 0 Å². The minimum Gasteiger partial charge on any atom is -0.448 e. The van der Waals surface area contributed by atoms with Crippen molar-refractivity contribution < 1.29 is 14.3 Å². The Morgan fingerprint density at radius 1 is 1.36 bits per heavy atom. The highest BCUT2D eigenvalue weighted by Crippen LogP contribution is 2.18. The molecule has 0 aliphatic carbocycles. The molecule has 0 spiro atoms. The van der Waals surface area contributed by atoms with Crippen LogP contribution in [0.25, 0.3) is 0 Å². The molecule has 2 amide bonds. The minimum absolute atomic E-state index is 0.0201. The number of carbonyl (C=O) groups is 2. The smallest absolute Gasteiger partial charge is 0.410 e. The second kappa shape index (κ2) is 7.83. The molecule has 2 aromatic rings. The number of hydrogen-bond acceptors (Lipinski definition) is 4. The first kappa shape index (κ1) is 17.0. The predicted molar refractivity (Wildman–Crippen MR) is 91.8 cm³/mol. The van der Waals surface area contributed by atoms with Crippen LogP contribution >= 0.6 is 0 Å². The second-order valence-corrected chi connectivity index (χ2v) is 6.02. The second-order valence-electron chi connectivity index (χ2n) is 6.02. The van der Waals surface area contributed by atoms with Gasteiger partial charge in [-0.25, -0.2) is 9.78 Å². The van der Waals surface area contributed by atoms with E-state index in [9.17, 15) is 9.59 Å². The van der Waals surface area contributed by atoms with Crippen LogP contribution in [0.5, 0.6) is 0 Å². The van der Waals surface area contributed by atoms with Gasteiger partial charge in [0.1, 0.15) is 19.0 Å². The lowest BCUT2D eigenvalue weighted by Crippen LogP contribution is -2.39. The van der Waals surface area contributed by atoms with Gasteiger partial charge in [0.25, 0.3) is 0 Å². The van der Waals surface area contributed by atoms with Gasteiger partial charge in [-0.2, -0.15) is 0 Å². The van der Waals surface area contributed by atoms with Crippen LogP contribution in [0.15, 0.2) is 42.7 Å². The number of rotatable bonds is 7. The zero-order valence-electron chi connectivity index (χ0n) is 14.2. The van der Waals surface area contributed by atoms with Gasteiger partial charge in [0.15, 0.2) is 0 Å². The summed E-state index contributed by atoms with van der Waals surface area (Å²) in [7, 11) is 0. The van der Waals surface area contributed by atoms with Crippen molar-refractivity contribution in [2.45, 2.75) is 25.9 Å². The van der Waals surface area contributed by atoms with E-state index in [2.05, 4.69) is 14.9 Å². The van der Waals surface area contributed by atoms with E-state index >= 15 is 0 Å². The third kappa shape index (κ3) is 4.37. The van der Waals surface area contributed by atoms with E-state index < -0.39 is 6.09 Å². The summed E-state index contributed by atoms with van der Waals surface area (Å²) in [6, 6.07) is 9.71. The first-order chi connectivity index (χ1) is 12.1. The Kier molecular flexibility index (Phi) is 5.33. The Morgan fingerprint density at radius 2 is 2.16 bits per heavy atom. The number of benzene rings is 1. The third-order valence-corrected chi connectivity index (χ3v) is 4.30. The molecular weight excluding hydrogens is 320 g/mol. The monoisotopic (exact) mass is 342 g/mol. The molecule has 1 aromatic carbocycles. The van der Waals surface area contributed by atoms with Crippen molar-refractivity contribution in [1.29, 1.82) is 0 Å². The molecule has 132 valence electrons. The average Bonchev–Trinajstić information content (AvgIpc) is 3.21. The molecule has 0 radical (unpaired) electrons. The molecule has 1 aliphatic heterocycles. The number of amides is 2.